The molecule has 0 spiro atoms. The van der Waals surface area contributed by atoms with Gasteiger partial charge >= 0.3 is 29.6 Å². The minimum atomic E-state index is 0. The van der Waals surface area contributed by atoms with Crippen LogP contribution in [0.1, 0.15) is 78.1 Å². The molecular weight excluding hydrogens is 343 g/mol. The largest absolute Gasteiger partial charge is 1.00 e. The van der Waals surface area contributed by atoms with Crippen molar-refractivity contribution in [1.82, 2.24) is 0 Å². The van der Waals surface area contributed by atoms with Gasteiger partial charge in [0, 0.05) is 0 Å². The molecule has 0 aliphatic heterocycles. The van der Waals surface area contributed by atoms with E-state index in [4.69, 9.17) is 9.78 Å². The third-order valence-electron chi connectivity index (χ3n) is 4.74. The van der Waals surface area contributed by atoms with Crippen LogP contribution in [-0.4, -0.2) is 0 Å². The van der Waals surface area contributed by atoms with E-state index in [1.54, 1.807) is 0 Å². The van der Waals surface area contributed by atoms with Gasteiger partial charge in [-0.25, -0.2) is 0 Å². The summed E-state index contributed by atoms with van der Waals surface area (Å²) in [6, 6.07) is 17.8. The molecule has 3 heteroatoms. The fourth-order valence-corrected chi connectivity index (χ4v) is 3.16. The summed E-state index contributed by atoms with van der Waals surface area (Å²) in [5, 5.41) is 0. The Morgan fingerprint density at radius 2 is 1.19 bits per heavy atom. The van der Waals surface area contributed by atoms with E-state index in [0.717, 1.165) is 17.9 Å². The Morgan fingerprint density at radius 3 is 1.85 bits per heavy atom. The Bertz CT molecular complexity index is 592. The number of hydrogen-bond donors (Lipinski definition) is 0. The van der Waals surface area contributed by atoms with Crippen LogP contribution in [0, 0.1) is 0 Å². The van der Waals surface area contributed by atoms with Crippen molar-refractivity contribution >= 4 is 0 Å². The monoisotopic (exact) mass is 378 g/mol. The van der Waals surface area contributed by atoms with Crippen LogP contribution >= 0.6 is 0 Å². The average Bonchev–Trinajstić information content (AvgIpc) is 2.69. The van der Waals surface area contributed by atoms with Gasteiger partial charge in [-0.1, -0.05) is 101 Å². The maximum atomic E-state index is 5.57. The predicted molar refractivity (Wildman–Crippen MR) is 111 cm³/mol. The molecule has 0 amide bonds. The van der Waals surface area contributed by atoms with Crippen molar-refractivity contribution in [2.24, 2.45) is 0 Å². The van der Waals surface area contributed by atoms with Crippen molar-refractivity contribution in [2.45, 2.75) is 77.6 Å². The predicted octanol–water partition coefficient (Wildman–Crippen LogP) is 4.64. The molecule has 2 rings (SSSR count). The van der Waals surface area contributed by atoms with Gasteiger partial charge in [0.15, 0.2) is 11.5 Å². The topological polar surface area (TPSA) is 18.5 Å². The second-order valence-electron chi connectivity index (χ2n) is 7.02. The molecule has 144 valence electrons. The van der Waals surface area contributed by atoms with E-state index < -0.39 is 0 Å². The van der Waals surface area contributed by atoms with E-state index in [9.17, 15) is 0 Å². The van der Waals surface area contributed by atoms with Gasteiger partial charge in [-0.3, -0.25) is 9.78 Å². The van der Waals surface area contributed by atoms with Crippen molar-refractivity contribution < 1.29 is 40.8 Å². The third kappa shape index (κ3) is 10.8. The summed E-state index contributed by atoms with van der Waals surface area (Å²) in [6.07, 6.45) is 14.6. The summed E-state index contributed by atoms with van der Waals surface area (Å²) in [4.78, 5) is 11.0. The zero-order valence-electron chi connectivity index (χ0n) is 18.3. The van der Waals surface area contributed by atoms with Crippen LogP contribution in [0.25, 0.3) is 0 Å². The maximum Gasteiger partial charge on any atom is 1.00 e. The molecule has 2 nitrogen and oxygen atoms in total. The fraction of sp³-hybridized carbons (Fsp3) is 0.500. The average molecular weight is 379 g/mol. The molecular formula is C24H35NaO2. The van der Waals surface area contributed by atoms with Crippen LogP contribution in [0.5, 0.6) is 11.5 Å². The smallest absolute Gasteiger partial charge is 1.00 e. The number of para-hydroxylation sites is 2. The first-order chi connectivity index (χ1) is 12.9. The maximum absolute atomic E-state index is 5.57. The van der Waals surface area contributed by atoms with E-state index in [1.165, 1.54) is 69.8 Å². The zero-order chi connectivity index (χ0) is 18.3. The van der Waals surface area contributed by atoms with Crippen molar-refractivity contribution in [3.8, 4) is 11.5 Å². The second kappa shape index (κ2) is 16.0. The summed E-state index contributed by atoms with van der Waals surface area (Å²) in [5.41, 5.74) is 1.22. The summed E-state index contributed by atoms with van der Waals surface area (Å²) >= 11 is 0. The Morgan fingerprint density at radius 1 is 0.630 bits per heavy atom. The van der Waals surface area contributed by atoms with Gasteiger partial charge in [-0.05, 0) is 36.6 Å². The van der Waals surface area contributed by atoms with Crippen LogP contribution in [-0.2, 0) is 6.42 Å². The molecule has 0 N–H and O–H groups in total. The standard InChI is InChI=1S/C24H34O2.Na.H/c1-2-3-4-5-6-7-8-9-10-12-17-22-18-15-16-21-24(22)26-25-23-19-13-11-14-20-23;;/h11,13-16,18-21H,2-10,12,17H2,1H3;;/q;+1;-1. The molecule has 0 aliphatic rings. The number of rotatable bonds is 14. The minimum absolute atomic E-state index is 0. The van der Waals surface area contributed by atoms with Gasteiger partial charge in [-0.2, -0.15) is 0 Å². The fourth-order valence-electron chi connectivity index (χ4n) is 3.16. The van der Waals surface area contributed by atoms with Gasteiger partial charge in [-0.15, -0.1) is 0 Å². The molecule has 0 radical (unpaired) electrons. The molecule has 2 aromatic rings. The Hall–Kier alpha value is -0.960. The summed E-state index contributed by atoms with van der Waals surface area (Å²) in [6.45, 7) is 2.27. The summed E-state index contributed by atoms with van der Waals surface area (Å²) < 4.78 is 0. The van der Waals surface area contributed by atoms with Crippen molar-refractivity contribution in [3.05, 3.63) is 60.2 Å². The summed E-state index contributed by atoms with van der Waals surface area (Å²) in [5.74, 6) is 1.55. The number of benzene rings is 2. The van der Waals surface area contributed by atoms with Gasteiger partial charge in [0.1, 0.15) is 0 Å². The van der Waals surface area contributed by atoms with Gasteiger partial charge in [0.05, 0.1) is 0 Å². The summed E-state index contributed by atoms with van der Waals surface area (Å²) in [7, 11) is 0. The van der Waals surface area contributed by atoms with Gasteiger partial charge in [0.2, 0.25) is 0 Å². The van der Waals surface area contributed by atoms with Gasteiger partial charge < -0.3 is 1.43 Å². The van der Waals surface area contributed by atoms with E-state index in [1.807, 2.05) is 42.5 Å². The number of aryl methyl sites for hydroxylation is 1. The number of unbranched alkanes of at least 4 members (excludes halogenated alkanes) is 9. The first-order valence-corrected chi connectivity index (χ1v) is 10.4. The van der Waals surface area contributed by atoms with E-state index in [0.29, 0.717) is 0 Å². The first kappa shape index (κ1) is 24.1. The molecule has 0 unspecified atom stereocenters. The molecule has 2 aromatic carbocycles. The Labute approximate surface area is 189 Å². The quantitative estimate of drug-likeness (QED) is 0.206. The molecule has 0 aromatic heterocycles. The van der Waals surface area contributed by atoms with Crippen LogP contribution < -0.4 is 39.3 Å². The minimum Gasteiger partial charge on any atom is -1.00 e. The molecule has 0 fully saturated rings. The third-order valence-corrected chi connectivity index (χ3v) is 4.74. The SMILES string of the molecule is CCCCCCCCCCCCc1ccccc1OOc1ccccc1.[H-].[Na+]. The molecule has 0 saturated heterocycles. The van der Waals surface area contributed by atoms with Crippen LogP contribution in [0.2, 0.25) is 0 Å². The van der Waals surface area contributed by atoms with Crippen molar-refractivity contribution in [1.29, 1.82) is 0 Å². The van der Waals surface area contributed by atoms with Crippen molar-refractivity contribution in [3.63, 3.8) is 0 Å². The zero-order valence-corrected chi connectivity index (χ0v) is 19.3. The first-order valence-electron chi connectivity index (χ1n) is 10.4. The second-order valence-corrected chi connectivity index (χ2v) is 7.02. The van der Waals surface area contributed by atoms with E-state index >= 15 is 0 Å². The van der Waals surface area contributed by atoms with Gasteiger partial charge in [0.25, 0.3) is 0 Å². The Balaban J connectivity index is 0.00000364. The molecule has 0 atom stereocenters. The molecule has 0 saturated carbocycles. The Kier molecular flexibility index (Phi) is 14.3. The molecule has 27 heavy (non-hydrogen) atoms. The molecule has 0 bridgehead atoms. The van der Waals surface area contributed by atoms with E-state index in [2.05, 4.69) is 19.1 Å². The van der Waals surface area contributed by atoms with Crippen LogP contribution in [0.15, 0.2) is 54.6 Å². The van der Waals surface area contributed by atoms with Crippen LogP contribution in [0.3, 0.4) is 0 Å². The van der Waals surface area contributed by atoms with Crippen molar-refractivity contribution in [2.75, 3.05) is 0 Å². The molecule has 0 heterocycles. The molecule has 0 aliphatic carbocycles. The van der Waals surface area contributed by atoms with E-state index in [-0.39, 0.29) is 31.0 Å². The normalized spacial score (nSPS) is 10.3. The number of hydrogen-bond acceptors (Lipinski definition) is 2. The van der Waals surface area contributed by atoms with Crippen LogP contribution in [0.4, 0.5) is 0 Å².